The van der Waals surface area contributed by atoms with Gasteiger partial charge in [-0.1, -0.05) is 20.8 Å². The van der Waals surface area contributed by atoms with Crippen LogP contribution in [0.1, 0.15) is 20.8 Å². The van der Waals surface area contributed by atoms with Gasteiger partial charge in [-0.05, 0) is 0 Å². The van der Waals surface area contributed by atoms with Crippen molar-refractivity contribution in [2.45, 2.75) is 20.8 Å². The average molecular weight is 214 g/mol. The largest absolute Gasteiger partial charge is 0.466 e. The lowest BCUT2D eigenvalue weighted by Crippen LogP contribution is -2.37. The third-order valence-corrected chi connectivity index (χ3v) is 1.15. The van der Waals surface area contributed by atoms with Crippen molar-refractivity contribution < 1.29 is 19.2 Å². The highest BCUT2D eigenvalue weighted by atomic mass is 31.2. The molecule has 0 spiro atoms. The van der Waals surface area contributed by atoms with E-state index in [9.17, 15) is 0 Å². The maximum absolute atomic E-state index is 8.88. The summed E-state index contributed by atoms with van der Waals surface area (Å²) in [4.78, 5) is 21.6. The maximum atomic E-state index is 8.88. The summed E-state index contributed by atoms with van der Waals surface area (Å²) in [6, 6.07) is 0. The van der Waals surface area contributed by atoms with Gasteiger partial charge in [0.25, 0.3) is 0 Å². The Hall–Kier alpha value is 0.0300. The molecule has 0 aromatic carbocycles. The van der Waals surface area contributed by atoms with Crippen LogP contribution in [0.4, 0.5) is 0 Å². The van der Waals surface area contributed by atoms with Gasteiger partial charge in [-0.15, -0.1) is 0 Å². The van der Waals surface area contributed by atoms with E-state index in [-0.39, 0.29) is 0 Å². The van der Waals surface area contributed by atoms with Crippen molar-refractivity contribution in [3.05, 3.63) is 0 Å². The molecule has 6 nitrogen and oxygen atoms in total. The zero-order valence-electron chi connectivity index (χ0n) is 8.27. The van der Waals surface area contributed by atoms with Crippen LogP contribution in [-0.4, -0.2) is 39.3 Å². The van der Waals surface area contributed by atoms with E-state index in [4.69, 9.17) is 19.2 Å². The van der Waals surface area contributed by atoms with E-state index in [1.165, 1.54) is 0 Å². The number of rotatable bonds is 4. The zero-order valence-corrected chi connectivity index (χ0v) is 9.16. The molecule has 7 heteroatoms. The molecule has 0 unspecified atom stereocenters. The van der Waals surface area contributed by atoms with Gasteiger partial charge in [0.2, 0.25) is 0 Å². The van der Waals surface area contributed by atoms with Crippen molar-refractivity contribution in [1.82, 2.24) is 10.4 Å². The Morgan fingerprint density at radius 1 is 1.15 bits per heavy atom. The first-order valence-electron chi connectivity index (χ1n) is 4.11. The van der Waals surface area contributed by atoms with Crippen LogP contribution in [0, 0.1) is 0 Å². The van der Waals surface area contributed by atoms with Crippen molar-refractivity contribution in [3.63, 3.8) is 0 Å². The minimum Gasteiger partial charge on any atom is -0.303 e. The fourth-order valence-electron chi connectivity index (χ4n) is 0.671. The number of nitrogens with zero attached hydrogens (tertiary/aromatic N) is 1. The fourth-order valence-corrected chi connectivity index (χ4v) is 0.671. The molecule has 0 atom stereocenters. The number of nitrogens with one attached hydrogen (secondary N) is 1. The Morgan fingerprint density at radius 3 is 1.54 bits per heavy atom. The van der Waals surface area contributed by atoms with Gasteiger partial charge in [-0.25, -0.2) is 9.57 Å². The molecule has 0 heterocycles. The summed E-state index contributed by atoms with van der Waals surface area (Å²) in [6.45, 7) is 9.60. The lowest BCUT2D eigenvalue weighted by molar-refractivity contribution is 0.215. The summed E-state index contributed by atoms with van der Waals surface area (Å²) >= 11 is 0. The van der Waals surface area contributed by atoms with Crippen LogP contribution in [0.2, 0.25) is 0 Å². The molecule has 0 fully saturated rings. The SMILES string of the molecule is CCNN(CC)CC.O=P(O)(O)O. The molecule has 0 aliphatic carbocycles. The van der Waals surface area contributed by atoms with E-state index in [1.54, 1.807) is 0 Å². The van der Waals surface area contributed by atoms with Gasteiger partial charge in [0.05, 0.1) is 0 Å². The Balaban J connectivity index is 0. The summed E-state index contributed by atoms with van der Waals surface area (Å²) in [5, 5.41) is 2.18. The van der Waals surface area contributed by atoms with Gasteiger partial charge in [-0.3, -0.25) is 5.43 Å². The standard InChI is InChI=1S/C6H16N2.H3O4P/c1-4-7-8(5-2)6-3;1-5(2,3)4/h7H,4-6H2,1-3H3;(H3,1,2,3,4). The van der Waals surface area contributed by atoms with Gasteiger partial charge in [0, 0.05) is 19.6 Å². The van der Waals surface area contributed by atoms with E-state index in [0.29, 0.717) is 0 Å². The first-order chi connectivity index (χ1) is 5.85. The van der Waals surface area contributed by atoms with E-state index in [1.807, 2.05) is 0 Å². The van der Waals surface area contributed by atoms with Crippen LogP contribution in [0.15, 0.2) is 0 Å². The number of hydrogen-bond acceptors (Lipinski definition) is 3. The second-order valence-electron chi connectivity index (χ2n) is 2.20. The molecule has 0 radical (unpaired) electrons. The summed E-state index contributed by atoms with van der Waals surface area (Å²) in [7, 11) is -4.64. The van der Waals surface area contributed by atoms with Gasteiger partial charge < -0.3 is 14.7 Å². The summed E-state index contributed by atoms with van der Waals surface area (Å²) in [5.41, 5.74) is 3.22. The molecule has 0 bridgehead atoms. The minimum atomic E-state index is -4.64. The molecule has 0 saturated heterocycles. The molecule has 0 aromatic rings. The maximum Gasteiger partial charge on any atom is 0.466 e. The molecule has 4 N–H and O–H groups in total. The highest BCUT2D eigenvalue weighted by molar-refractivity contribution is 7.45. The summed E-state index contributed by atoms with van der Waals surface area (Å²) in [5.74, 6) is 0. The minimum absolute atomic E-state index is 1.03. The normalized spacial score (nSPS) is 11.0. The lowest BCUT2D eigenvalue weighted by Gasteiger charge is -2.17. The lowest BCUT2D eigenvalue weighted by atomic mass is 10.6. The highest BCUT2D eigenvalue weighted by Crippen LogP contribution is 2.25. The summed E-state index contributed by atoms with van der Waals surface area (Å²) in [6.07, 6.45) is 0. The smallest absolute Gasteiger partial charge is 0.303 e. The monoisotopic (exact) mass is 214 g/mol. The van der Waals surface area contributed by atoms with Crippen LogP contribution in [-0.2, 0) is 4.57 Å². The van der Waals surface area contributed by atoms with Crippen molar-refractivity contribution in [3.8, 4) is 0 Å². The van der Waals surface area contributed by atoms with Crippen molar-refractivity contribution in [2.24, 2.45) is 0 Å². The first kappa shape index (κ1) is 15.5. The molecule has 0 aromatic heterocycles. The van der Waals surface area contributed by atoms with Gasteiger partial charge in [0.15, 0.2) is 0 Å². The van der Waals surface area contributed by atoms with E-state index >= 15 is 0 Å². The number of hydrogen-bond donors (Lipinski definition) is 4. The molecule has 13 heavy (non-hydrogen) atoms. The predicted molar refractivity (Wildman–Crippen MR) is 50.9 cm³/mol. The van der Waals surface area contributed by atoms with E-state index in [2.05, 4.69) is 31.2 Å². The van der Waals surface area contributed by atoms with Crippen LogP contribution >= 0.6 is 7.82 Å². The van der Waals surface area contributed by atoms with Gasteiger partial charge >= 0.3 is 7.82 Å². The average Bonchev–Trinajstić information content (AvgIpc) is 1.97. The van der Waals surface area contributed by atoms with E-state index < -0.39 is 7.82 Å². The molecule has 0 amide bonds. The molecule has 0 rings (SSSR count). The number of phosphoric acid groups is 1. The summed E-state index contributed by atoms with van der Waals surface area (Å²) < 4.78 is 8.88. The molecular weight excluding hydrogens is 195 g/mol. The molecular formula is C6H19N2O4P. The van der Waals surface area contributed by atoms with Crippen LogP contribution < -0.4 is 5.43 Å². The second kappa shape index (κ2) is 8.62. The molecule has 0 aliphatic rings. The first-order valence-corrected chi connectivity index (χ1v) is 5.68. The van der Waals surface area contributed by atoms with Crippen molar-refractivity contribution in [1.29, 1.82) is 0 Å². The number of hydrazine groups is 1. The van der Waals surface area contributed by atoms with Crippen molar-refractivity contribution >= 4 is 7.82 Å². The highest BCUT2D eigenvalue weighted by Gasteiger charge is 2.00. The molecule has 0 aliphatic heterocycles. The Bertz CT molecular complexity index is 137. The van der Waals surface area contributed by atoms with Crippen LogP contribution in [0.5, 0.6) is 0 Å². The zero-order chi connectivity index (χ0) is 10.9. The van der Waals surface area contributed by atoms with Gasteiger partial charge in [0.1, 0.15) is 0 Å². The Kier molecular flexibility index (Phi) is 10.3. The van der Waals surface area contributed by atoms with Crippen LogP contribution in [0.25, 0.3) is 0 Å². The predicted octanol–water partition coefficient (Wildman–Crippen LogP) is -0.0759. The molecule has 0 saturated carbocycles. The Morgan fingerprint density at radius 2 is 1.46 bits per heavy atom. The van der Waals surface area contributed by atoms with Gasteiger partial charge in [-0.2, -0.15) is 0 Å². The third kappa shape index (κ3) is 24.5. The molecule has 82 valence electrons. The third-order valence-electron chi connectivity index (χ3n) is 1.15. The topological polar surface area (TPSA) is 93.0 Å². The Labute approximate surface area is 78.8 Å². The van der Waals surface area contributed by atoms with Crippen LogP contribution in [0.3, 0.4) is 0 Å². The van der Waals surface area contributed by atoms with Crippen molar-refractivity contribution in [2.75, 3.05) is 19.6 Å². The second-order valence-corrected chi connectivity index (χ2v) is 3.22. The quantitative estimate of drug-likeness (QED) is 0.386. The van der Waals surface area contributed by atoms with E-state index in [0.717, 1.165) is 19.6 Å². The fraction of sp³-hybridized carbons (Fsp3) is 1.00.